The summed E-state index contributed by atoms with van der Waals surface area (Å²) in [5.41, 5.74) is 0.672. The lowest BCUT2D eigenvalue weighted by atomic mass is 10.2. The summed E-state index contributed by atoms with van der Waals surface area (Å²) in [4.78, 5) is 39.7. The van der Waals surface area contributed by atoms with Crippen LogP contribution < -0.4 is 16.2 Å². The van der Waals surface area contributed by atoms with E-state index in [-0.39, 0.29) is 22.6 Å². The fraction of sp³-hybridized carbons (Fsp3) is 0.0556. The number of aromatic amines is 1. The number of carbonyl (C=O) groups excluding carboxylic acids is 2. The van der Waals surface area contributed by atoms with E-state index in [1.54, 1.807) is 24.3 Å². The van der Waals surface area contributed by atoms with E-state index in [0.717, 1.165) is 6.07 Å². The third kappa shape index (κ3) is 3.07. The second kappa shape index (κ2) is 6.58. The van der Waals surface area contributed by atoms with Crippen LogP contribution in [0.2, 0.25) is 0 Å². The number of fused-ring (bicyclic) bond motifs is 3. The number of halogens is 1. The molecule has 0 aliphatic heterocycles. The van der Waals surface area contributed by atoms with Crippen LogP contribution in [0.25, 0.3) is 16.6 Å². The van der Waals surface area contributed by atoms with E-state index in [1.165, 1.54) is 23.6 Å². The zero-order chi connectivity index (χ0) is 19.8. The summed E-state index contributed by atoms with van der Waals surface area (Å²) in [5.74, 6) is -1.35. The van der Waals surface area contributed by atoms with Crippen LogP contribution in [0.3, 0.4) is 0 Å². The molecule has 4 rings (SSSR count). The van der Waals surface area contributed by atoms with Crippen LogP contribution in [0.15, 0.2) is 47.3 Å². The summed E-state index contributed by atoms with van der Waals surface area (Å²) in [7, 11) is 0. The first kappa shape index (κ1) is 17.3. The highest BCUT2D eigenvalue weighted by molar-refractivity contribution is 6.07. The van der Waals surface area contributed by atoms with Gasteiger partial charge in [0.2, 0.25) is 5.91 Å². The summed E-state index contributed by atoms with van der Waals surface area (Å²) in [6.07, 6.45) is 0. The zero-order valence-corrected chi connectivity index (χ0v) is 14.5. The molecule has 9 nitrogen and oxygen atoms in total. The summed E-state index contributed by atoms with van der Waals surface area (Å²) in [6, 6.07) is 10.2. The quantitative estimate of drug-likeness (QED) is 0.501. The van der Waals surface area contributed by atoms with Gasteiger partial charge in [-0.1, -0.05) is 0 Å². The van der Waals surface area contributed by atoms with Crippen molar-refractivity contribution >= 4 is 39.7 Å². The number of benzene rings is 2. The number of amides is 2. The molecule has 140 valence electrons. The lowest BCUT2D eigenvalue weighted by molar-refractivity contribution is -0.114. The molecule has 10 heteroatoms. The maximum atomic E-state index is 13.4. The van der Waals surface area contributed by atoms with E-state index < -0.39 is 17.3 Å². The topological polar surface area (TPSA) is 121 Å². The Morgan fingerprint density at radius 1 is 1.07 bits per heavy atom. The van der Waals surface area contributed by atoms with E-state index in [9.17, 15) is 18.8 Å². The first-order chi connectivity index (χ1) is 13.4. The Balaban J connectivity index is 1.68. The Hall–Kier alpha value is -4.08. The third-order valence-corrected chi connectivity index (χ3v) is 4.00. The van der Waals surface area contributed by atoms with E-state index in [2.05, 4.69) is 25.9 Å². The Kier molecular flexibility index (Phi) is 4.07. The molecule has 0 spiro atoms. The molecule has 3 N–H and O–H groups in total. The number of hydrogen-bond acceptors (Lipinski definition) is 5. The average Bonchev–Trinajstić information content (AvgIpc) is 3.07. The Bertz CT molecular complexity index is 1290. The SMILES string of the molecule is CC(=O)Nc1ccc(NC(=O)c2n[nH]n3c2nc(=O)c2cc(F)ccc23)cc1. The summed E-state index contributed by atoms with van der Waals surface area (Å²) in [5, 5.41) is 11.9. The van der Waals surface area contributed by atoms with Gasteiger partial charge in [0.25, 0.3) is 11.5 Å². The fourth-order valence-corrected chi connectivity index (χ4v) is 2.79. The highest BCUT2D eigenvalue weighted by atomic mass is 19.1. The monoisotopic (exact) mass is 380 g/mol. The van der Waals surface area contributed by atoms with Crippen molar-refractivity contribution in [3.8, 4) is 0 Å². The molecule has 2 amide bonds. The van der Waals surface area contributed by atoms with Gasteiger partial charge in [0.05, 0.1) is 10.9 Å². The van der Waals surface area contributed by atoms with Gasteiger partial charge in [0.1, 0.15) is 5.82 Å². The van der Waals surface area contributed by atoms with Crippen molar-refractivity contribution in [1.29, 1.82) is 0 Å². The predicted molar refractivity (Wildman–Crippen MR) is 99.8 cm³/mol. The Morgan fingerprint density at radius 3 is 2.43 bits per heavy atom. The number of hydrogen-bond donors (Lipinski definition) is 3. The number of anilines is 2. The van der Waals surface area contributed by atoms with Crippen LogP contribution in [0, 0.1) is 5.82 Å². The Morgan fingerprint density at radius 2 is 1.75 bits per heavy atom. The first-order valence-electron chi connectivity index (χ1n) is 8.18. The molecule has 0 fully saturated rings. The molecule has 0 bridgehead atoms. The lowest BCUT2D eigenvalue weighted by Gasteiger charge is -2.06. The zero-order valence-electron chi connectivity index (χ0n) is 14.5. The van der Waals surface area contributed by atoms with Gasteiger partial charge >= 0.3 is 0 Å². The minimum absolute atomic E-state index is 0.0245. The largest absolute Gasteiger partial charge is 0.326 e. The molecular formula is C18H13FN6O3. The molecule has 28 heavy (non-hydrogen) atoms. The molecule has 2 heterocycles. The number of carbonyl (C=O) groups is 2. The second-order valence-electron chi connectivity index (χ2n) is 6.01. The van der Waals surface area contributed by atoms with Gasteiger partial charge in [-0.3, -0.25) is 14.4 Å². The van der Waals surface area contributed by atoms with Crippen molar-refractivity contribution in [2.24, 2.45) is 0 Å². The van der Waals surface area contributed by atoms with Crippen LogP contribution in [-0.2, 0) is 4.79 Å². The number of rotatable bonds is 3. The molecule has 0 aliphatic carbocycles. The minimum atomic E-state index is -0.662. The van der Waals surface area contributed by atoms with Crippen LogP contribution >= 0.6 is 0 Å². The van der Waals surface area contributed by atoms with Gasteiger partial charge in [-0.25, -0.2) is 14.1 Å². The number of H-pyrrole nitrogens is 1. The van der Waals surface area contributed by atoms with E-state index >= 15 is 0 Å². The van der Waals surface area contributed by atoms with Crippen molar-refractivity contribution in [2.45, 2.75) is 6.92 Å². The van der Waals surface area contributed by atoms with Crippen LogP contribution in [0.1, 0.15) is 17.4 Å². The summed E-state index contributed by atoms with van der Waals surface area (Å²) < 4.78 is 14.7. The van der Waals surface area contributed by atoms with Crippen molar-refractivity contribution in [3.05, 3.63) is 64.3 Å². The molecule has 2 aromatic heterocycles. The van der Waals surface area contributed by atoms with Crippen LogP contribution in [0.4, 0.5) is 15.8 Å². The summed E-state index contributed by atoms with van der Waals surface area (Å²) >= 11 is 0. The second-order valence-corrected chi connectivity index (χ2v) is 6.01. The van der Waals surface area contributed by atoms with E-state index in [4.69, 9.17) is 0 Å². The van der Waals surface area contributed by atoms with Crippen LogP contribution in [-0.4, -0.2) is 31.6 Å². The Labute approximate surface area is 156 Å². The van der Waals surface area contributed by atoms with Gasteiger partial charge in [-0.05, 0) is 42.5 Å². The summed E-state index contributed by atoms with van der Waals surface area (Å²) in [6.45, 7) is 1.39. The average molecular weight is 380 g/mol. The minimum Gasteiger partial charge on any atom is -0.326 e. The predicted octanol–water partition coefficient (Wildman–Crippen LogP) is 1.92. The first-order valence-corrected chi connectivity index (χ1v) is 8.18. The van der Waals surface area contributed by atoms with Gasteiger partial charge in [-0.2, -0.15) is 4.98 Å². The van der Waals surface area contributed by atoms with Crippen molar-refractivity contribution < 1.29 is 14.0 Å². The third-order valence-electron chi connectivity index (χ3n) is 4.00. The molecule has 0 saturated carbocycles. The number of nitrogens with zero attached hydrogens (tertiary/aromatic N) is 3. The molecule has 0 aliphatic rings. The van der Waals surface area contributed by atoms with Crippen molar-refractivity contribution in [2.75, 3.05) is 10.6 Å². The molecule has 0 radical (unpaired) electrons. The van der Waals surface area contributed by atoms with E-state index in [0.29, 0.717) is 16.9 Å². The highest BCUT2D eigenvalue weighted by Crippen LogP contribution is 2.17. The fourth-order valence-electron chi connectivity index (χ4n) is 2.79. The molecule has 0 unspecified atom stereocenters. The maximum absolute atomic E-state index is 13.4. The lowest BCUT2D eigenvalue weighted by Crippen LogP contribution is -2.16. The van der Waals surface area contributed by atoms with Gasteiger partial charge < -0.3 is 10.6 Å². The van der Waals surface area contributed by atoms with Gasteiger partial charge in [0, 0.05) is 18.3 Å². The molecule has 0 atom stereocenters. The molecule has 0 saturated heterocycles. The molecule has 2 aromatic carbocycles. The molecule has 4 aromatic rings. The number of nitrogens with one attached hydrogen (secondary N) is 3. The van der Waals surface area contributed by atoms with E-state index in [1.807, 2.05) is 0 Å². The standard InChI is InChI=1S/C18H13FN6O3/c1-9(26)20-11-3-5-12(6-4-11)21-18(28)15-16-22-17(27)13-8-10(19)2-7-14(13)25(16)24-23-15/h2-8,24H,1H3,(H,20,26)(H,21,28). The van der Waals surface area contributed by atoms with Crippen molar-refractivity contribution in [3.63, 3.8) is 0 Å². The van der Waals surface area contributed by atoms with Gasteiger partial charge in [-0.15, -0.1) is 5.10 Å². The molecular weight excluding hydrogens is 367 g/mol. The number of aromatic nitrogens is 4. The smallest absolute Gasteiger partial charge is 0.281 e. The van der Waals surface area contributed by atoms with Crippen molar-refractivity contribution in [1.82, 2.24) is 19.8 Å². The van der Waals surface area contributed by atoms with Crippen LogP contribution in [0.5, 0.6) is 0 Å². The van der Waals surface area contributed by atoms with Gasteiger partial charge in [0.15, 0.2) is 11.3 Å². The highest BCUT2D eigenvalue weighted by Gasteiger charge is 2.18. The maximum Gasteiger partial charge on any atom is 0.281 e. The normalized spacial score (nSPS) is 10.9.